The minimum atomic E-state index is -3.55. The molecule has 0 radical (unpaired) electrons. The molecule has 0 N–H and O–H groups in total. The van der Waals surface area contributed by atoms with Gasteiger partial charge >= 0.3 is 0 Å². The monoisotopic (exact) mass is 391 g/mol. The first-order chi connectivity index (χ1) is 12.6. The highest BCUT2D eigenvalue weighted by molar-refractivity contribution is 7.89. The number of piperazine rings is 1. The number of nitrogens with zero attached hydrogens (tertiary/aromatic N) is 3. The lowest BCUT2D eigenvalue weighted by Gasteiger charge is -2.34. The Labute approximate surface area is 162 Å². The normalized spacial score (nSPS) is 17.4. The maximum absolute atomic E-state index is 12.9. The maximum Gasteiger partial charge on any atom is 0.248 e. The van der Waals surface area contributed by atoms with Crippen LogP contribution in [0.2, 0.25) is 0 Å². The molecular formula is C20H29N3O3S. The first-order valence-corrected chi connectivity index (χ1v) is 10.8. The SMILES string of the molecule is Cc1noc(C)c1S(=O)(=O)N1CCN(Cc2ccc(C(C)(C)C)cc2)CC1. The fourth-order valence-electron chi connectivity index (χ4n) is 3.47. The van der Waals surface area contributed by atoms with Crippen molar-refractivity contribution in [1.29, 1.82) is 0 Å². The van der Waals surface area contributed by atoms with Crippen LogP contribution < -0.4 is 0 Å². The fraction of sp³-hybridized carbons (Fsp3) is 0.550. The summed E-state index contributed by atoms with van der Waals surface area (Å²) in [6, 6.07) is 8.72. The van der Waals surface area contributed by atoms with Gasteiger partial charge in [0.05, 0.1) is 0 Å². The third-order valence-corrected chi connectivity index (χ3v) is 7.27. The predicted molar refractivity (Wildman–Crippen MR) is 105 cm³/mol. The van der Waals surface area contributed by atoms with Crippen LogP contribution in [0.3, 0.4) is 0 Å². The van der Waals surface area contributed by atoms with E-state index in [0.29, 0.717) is 37.6 Å². The molecule has 0 bridgehead atoms. The van der Waals surface area contributed by atoms with Crippen LogP contribution in [0.1, 0.15) is 43.4 Å². The summed E-state index contributed by atoms with van der Waals surface area (Å²) in [7, 11) is -3.55. The molecule has 3 rings (SSSR count). The minimum absolute atomic E-state index is 0.150. The topological polar surface area (TPSA) is 66.7 Å². The Balaban J connectivity index is 1.62. The molecule has 1 aromatic heterocycles. The second kappa shape index (κ2) is 7.37. The quantitative estimate of drug-likeness (QED) is 0.801. The van der Waals surface area contributed by atoms with Gasteiger partial charge in [-0.2, -0.15) is 4.31 Å². The second-order valence-electron chi connectivity index (χ2n) is 8.28. The van der Waals surface area contributed by atoms with Crippen molar-refractivity contribution in [1.82, 2.24) is 14.4 Å². The molecule has 0 atom stereocenters. The van der Waals surface area contributed by atoms with Crippen molar-refractivity contribution in [2.75, 3.05) is 26.2 Å². The number of benzene rings is 1. The van der Waals surface area contributed by atoms with E-state index in [2.05, 4.69) is 55.1 Å². The van der Waals surface area contributed by atoms with E-state index in [-0.39, 0.29) is 10.3 Å². The molecule has 148 valence electrons. The van der Waals surface area contributed by atoms with E-state index in [4.69, 9.17) is 4.52 Å². The molecule has 2 aromatic rings. The van der Waals surface area contributed by atoms with Crippen molar-refractivity contribution in [2.45, 2.75) is 51.5 Å². The molecule has 1 aromatic carbocycles. The zero-order chi connectivity index (χ0) is 19.8. The standard InChI is InChI=1S/C20H29N3O3S/c1-15-19(16(2)26-21-15)27(24,25)23-12-10-22(11-13-23)14-17-6-8-18(9-7-17)20(3,4)5/h6-9H,10-14H2,1-5H3. The Morgan fingerprint density at radius 1 is 1.04 bits per heavy atom. The third kappa shape index (κ3) is 4.25. The molecule has 7 heteroatoms. The average molecular weight is 392 g/mol. The van der Waals surface area contributed by atoms with Gasteiger partial charge in [-0.1, -0.05) is 50.2 Å². The number of rotatable bonds is 4. The molecule has 0 aliphatic carbocycles. The van der Waals surface area contributed by atoms with Gasteiger partial charge in [-0.15, -0.1) is 0 Å². The largest absolute Gasteiger partial charge is 0.360 e. The van der Waals surface area contributed by atoms with Gasteiger partial charge in [0.1, 0.15) is 10.6 Å². The van der Waals surface area contributed by atoms with Gasteiger partial charge in [-0.25, -0.2) is 8.42 Å². The predicted octanol–water partition coefficient (Wildman–Crippen LogP) is 3.10. The van der Waals surface area contributed by atoms with Crippen LogP contribution in [0.25, 0.3) is 0 Å². The molecule has 0 unspecified atom stereocenters. The van der Waals surface area contributed by atoms with Gasteiger partial charge < -0.3 is 4.52 Å². The summed E-state index contributed by atoms with van der Waals surface area (Å²) in [4.78, 5) is 2.51. The summed E-state index contributed by atoms with van der Waals surface area (Å²) in [5.74, 6) is 0.355. The number of hydrogen-bond acceptors (Lipinski definition) is 5. The fourth-order valence-corrected chi connectivity index (χ4v) is 5.18. The number of aryl methyl sites for hydroxylation is 2. The van der Waals surface area contributed by atoms with Gasteiger partial charge in [-0.05, 0) is 30.4 Å². The molecule has 0 amide bonds. The molecule has 0 saturated carbocycles. The van der Waals surface area contributed by atoms with Crippen molar-refractivity contribution in [3.05, 3.63) is 46.8 Å². The van der Waals surface area contributed by atoms with Crippen molar-refractivity contribution in [3.8, 4) is 0 Å². The van der Waals surface area contributed by atoms with E-state index in [0.717, 1.165) is 6.54 Å². The average Bonchev–Trinajstić information content (AvgIpc) is 2.94. The van der Waals surface area contributed by atoms with Gasteiger partial charge in [0, 0.05) is 32.7 Å². The number of hydrogen-bond donors (Lipinski definition) is 0. The molecule has 2 heterocycles. The molecule has 1 aliphatic heterocycles. The van der Waals surface area contributed by atoms with E-state index in [1.54, 1.807) is 18.2 Å². The maximum atomic E-state index is 12.9. The van der Waals surface area contributed by atoms with Crippen molar-refractivity contribution in [2.24, 2.45) is 0 Å². The Morgan fingerprint density at radius 3 is 2.11 bits per heavy atom. The van der Waals surface area contributed by atoms with Gasteiger partial charge in [-0.3, -0.25) is 4.90 Å². The van der Waals surface area contributed by atoms with Crippen LogP contribution in [0.5, 0.6) is 0 Å². The van der Waals surface area contributed by atoms with E-state index in [9.17, 15) is 8.42 Å². The van der Waals surface area contributed by atoms with Crippen molar-refractivity contribution >= 4 is 10.0 Å². The van der Waals surface area contributed by atoms with Crippen LogP contribution in [0.4, 0.5) is 0 Å². The lowest BCUT2D eigenvalue weighted by atomic mass is 9.87. The van der Waals surface area contributed by atoms with Crippen molar-refractivity contribution in [3.63, 3.8) is 0 Å². The first kappa shape index (κ1) is 20.0. The highest BCUT2D eigenvalue weighted by Crippen LogP contribution is 2.25. The Kier molecular flexibility index (Phi) is 5.47. The summed E-state index contributed by atoms with van der Waals surface area (Å²) < 4.78 is 32.4. The lowest BCUT2D eigenvalue weighted by molar-refractivity contribution is 0.181. The van der Waals surface area contributed by atoms with Crippen LogP contribution >= 0.6 is 0 Å². The molecule has 1 saturated heterocycles. The van der Waals surface area contributed by atoms with E-state index in [1.807, 2.05) is 0 Å². The summed E-state index contributed by atoms with van der Waals surface area (Å²) in [6.07, 6.45) is 0. The van der Waals surface area contributed by atoms with Gasteiger partial charge in [0.25, 0.3) is 0 Å². The molecule has 1 fully saturated rings. The summed E-state index contributed by atoms with van der Waals surface area (Å²) in [5.41, 5.74) is 3.15. The number of aromatic nitrogens is 1. The second-order valence-corrected chi connectivity index (χ2v) is 10.2. The summed E-state index contributed by atoms with van der Waals surface area (Å²) in [6.45, 7) is 13.2. The van der Waals surface area contributed by atoms with Crippen LogP contribution in [0, 0.1) is 13.8 Å². The summed E-state index contributed by atoms with van der Waals surface area (Å²) in [5, 5.41) is 3.78. The summed E-state index contributed by atoms with van der Waals surface area (Å²) >= 11 is 0. The van der Waals surface area contributed by atoms with E-state index in [1.165, 1.54) is 11.1 Å². The Bertz CT molecular complexity index is 868. The minimum Gasteiger partial charge on any atom is -0.360 e. The molecular weight excluding hydrogens is 362 g/mol. The molecule has 6 nitrogen and oxygen atoms in total. The van der Waals surface area contributed by atoms with Crippen LogP contribution in [-0.4, -0.2) is 49.0 Å². The zero-order valence-electron chi connectivity index (χ0n) is 16.8. The first-order valence-electron chi connectivity index (χ1n) is 9.34. The third-order valence-electron chi connectivity index (χ3n) is 5.12. The van der Waals surface area contributed by atoms with E-state index < -0.39 is 10.0 Å². The molecule has 27 heavy (non-hydrogen) atoms. The molecule has 1 aliphatic rings. The van der Waals surface area contributed by atoms with Gasteiger partial charge in [0.15, 0.2) is 5.76 Å². The highest BCUT2D eigenvalue weighted by Gasteiger charge is 2.33. The lowest BCUT2D eigenvalue weighted by Crippen LogP contribution is -2.48. The highest BCUT2D eigenvalue weighted by atomic mass is 32.2. The zero-order valence-corrected chi connectivity index (χ0v) is 17.6. The smallest absolute Gasteiger partial charge is 0.248 e. The molecule has 0 spiro atoms. The van der Waals surface area contributed by atoms with Crippen molar-refractivity contribution < 1.29 is 12.9 Å². The van der Waals surface area contributed by atoms with Crippen LogP contribution in [-0.2, 0) is 22.0 Å². The number of sulfonamides is 1. The van der Waals surface area contributed by atoms with Crippen LogP contribution in [0.15, 0.2) is 33.7 Å². The van der Waals surface area contributed by atoms with Gasteiger partial charge in [0.2, 0.25) is 10.0 Å². The Hall–Kier alpha value is -1.70. The van der Waals surface area contributed by atoms with E-state index >= 15 is 0 Å². The Morgan fingerprint density at radius 2 is 1.63 bits per heavy atom.